The lowest BCUT2D eigenvalue weighted by atomic mass is 10.1. The smallest absolute Gasteiger partial charge is 0.264 e. The van der Waals surface area contributed by atoms with Gasteiger partial charge in [-0.15, -0.1) is 0 Å². The quantitative estimate of drug-likeness (QED) is 0.398. The predicted molar refractivity (Wildman–Crippen MR) is 141 cm³/mol. The van der Waals surface area contributed by atoms with Gasteiger partial charge in [0.15, 0.2) is 0 Å². The molecule has 0 atom stereocenters. The summed E-state index contributed by atoms with van der Waals surface area (Å²) in [4.78, 5) is 15.4. The molecule has 0 spiro atoms. The zero-order valence-corrected chi connectivity index (χ0v) is 21.1. The van der Waals surface area contributed by atoms with E-state index in [1.807, 2.05) is 36.4 Å². The molecule has 1 amide bonds. The number of carbonyl (C=O) groups is 1. The molecule has 3 aromatic rings. The molecule has 0 unspecified atom stereocenters. The van der Waals surface area contributed by atoms with Gasteiger partial charge in [0.2, 0.25) is 5.91 Å². The fourth-order valence-corrected chi connectivity index (χ4v) is 5.68. The third-order valence-corrected chi connectivity index (χ3v) is 8.11. The van der Waals surface area contributed by atoms with Gasteiger partial charge in [0.25, 0.3) is 10.0 Å². The van der Waals surface area contributed by atoms with Gasteiger partial charge in [0.05, 0.1) is 10.6 Å². The lowest BCUT2D eigenvalue weighted by Gasteiger charge is -2.29. The van der Waals surface area contributed by atoms with Gasteiger partial charge in [-0.25, -0.2) is 8.42 Å². The molecule has 0 radical (unpaired) electrons. The molecular formula is C25H26IN3O3S. The first kappa shape index (κ1) is 23.6. The number of nitrogens with one attached hydrogen (secondary N) is 1. The van der Waals surface area contributed by atoms with Gasteiger partial charge in [0, 0.05) is 28.0 Å². The van der Waals surface area contributed by atoms with Crippen molar-refractivity contribution in [2.24, 2.45) is 0 Å². The van der Waals surface area contributed by atoms with Gasteiger partial charge < -0.3 is 10.2 Å². The zero-order chi connectivity index (χ0) is 23.3. The van der Waals surface area contributed by atoms with Crippen LogP contribution in [0.15, 0.2) is 83.8 Å². The number of anilines is 3. The summed E-state index contributed by atoms with van der Waals surface area (Å²) in [6.07, 6.45) is 3.67. The van der Waals surface area contributed by atoms with Crippen molar-refractivity contribution in [1.29, 1.82) is 0 Å². The second kappa shape index (κ2) is 10.6. The van der Waals surface area contributed by atoms with Crippen LogP contribution in [0.3, 0.4) is 0 Å². The van der Waals surface area contributed by atoms with E-state index in [0.717, 1.165) is 26.7 Å². The molecule has 1 aliphatic rings. The van der Waals surface area contributed by atoms with Gasteiger partial charge in [-0.1, -0.05) is 18.2 Å². The molecule has 3 aromatic carbocycles. The Bertz CT molecular complexity index is 1180. The largest absolute Gasteiger partial charge is 0.372 e. The lowest BCUT2D eigenvalue weighted by molar-refractivity contribution is -0.114. The SMILES string of the molecule is O=C(CN(c1ccc(I)cc1)S(=O)(=O)c1ccccc1)Nc1ccc(N2CCCCC2)cc1. The summed E-state index contributed by atoms with van der Waals surface area (Å²) >= 11 is 2.16. The number of benzene rings is 3. The highest BCUT2D eigenvalue weighted by Crippen LogP contribution is 2.25. The van der Waals surface area contributed by atoms with Crippen LogP contribution in [0.2, 0.25) is 0 Å². The number of piperidine rings is 1. The molecule has 8 heteroatoms. The lowest BCUT2D eigenvalue weighted by Crippen LogP contribution is -2.38. The summed E-state index contributed by atoms with van der Waals surface area (Å²) in [5.41, 5.74) is 2.22. The highest BCUT2D eigenvalue weighted by atomic mass is 127. The molecule has 1 saturated heterocycles. The van der Waals surface area contributed by atoms with Crippen molar-refractivity contribution in [2.75, 3.05) is 34.2 Å². The number of amides is 1. The number of nitrogens with zero attached hydrogens (tertiary/aromatic N) is 2. The number of sulfonamides is 1. The summed E-state index contributed by atoms with van der Waals surface area (Å²) in [5, 5.41) is 2.84. The fraction of sp³-hybridized carbons (Fsp3) is 0.240. The van der Waals surface area contributed by atoms with Gasteiger partial charge in [0.1, 0.15) is 6.54 Å². The zero-order valence-electron chi connectivity index (χ0n) is 18.2. The van der Waals surface area contributed by atoms with Crippen molar-refractivity contribution < 1.29 is 13.2 Å². The van der Waals surface area contributed by atoms with Crippen molar-refractivity contribution >= 4 is 55.6 Å². The van der Waals surface area contributed by atoms with Crippen molar-refractivity contribution in [3.63, 3.8) is 0 Å². The molecule has 4 rings (SSSR count). The van der Waals surface area contributed by atoms with E-state index in [0.29, 0.717) is 11.4 Å². The van der Waals surface area contributed by atoms with Crippen LogP contribution in [0.25, 0.3) is 0 Å². The van der Waals surface area contributed by atoms with Gasteiger partial charge >= 0.3 is 0 Å². The molecule has 1 fully saturated rings. The first-order valence-corrected chi connectivity index (χ1v) is 13.4. The van der Waals surface area contributed by atoms with Crippen molar-refractivity contribution in [2.45, 2.75) is 24.2 Å². The second-order valence-corrected chi connectivity index (χ2v) is 11.1. The summed E-state index contributed by atoms with van der Waals surface area (Å²) < 4.78 is 28.9. The third kappa shape index (κ3) is 5.86. The van der Waals surface area contributed by atoms with Crippen molar-refractivity contribution in [3.8, 4) is 0 Å². The highest BCUT2D eigenvalue weighted by Gasteiger charge is 2.27. The normalized spacial score (nSPS) is 14.0. The molecule has 33 heavy (non-hydrogen) atoms. The van der Waals surface area contributed by atoms with E-state index in [-0.39, 0.29) is 11.4 Å². The van der Waals surface area contributed by atoms with E-state index in [1.54, 1.807) is 30.3 Å². The van der Waals surface area contributed by atoms with E-state index in [1.165, 1.54) is 31.4 Å². The third-order valence-electron chi connectivity index (χ3n) is 5.61. The summed E-state index contributed by atoms with van der Waals surface area (Å²) in [6, 6.07) is 23.0. The van der Waals surface area contributed by atoms with Crippen LogP contribution in [-0.4, -0.2) is 34.0 Å². The molecule has 172 valence electrons. The van der Waals surface area contributed by atoms with Gasteiger partial charge in [-0.05, 0) is 103 Å². The molecule has 0 bridgehead atoms. The maximum Gasteiger partial charge on any atom is 0.264 e. The maximum absolute atomic E-state index is 13.4. The topological polar surface area (TPSA) is 69.7 Å². The standard InChI is InChI=1S/C25H26IN3O3S/c26-20-9-13-23(14-10-20)29(33(31,32)24-7-3-1-4-8-24)19-25(30)27-21-11-15-22(16-12-21)28-17-5-2-6-18-28/h1,3-4,7-16H,2,5-6,17-19H2,(H,27,30). The van der Waals surface area contributed by atoms with Crippen LogP contribution in [0.1, 0.15) is 19.3 Å². The number of rotatable bonds is 7. The minimum Gasteiger partial charge on any atom is -0.372 e. The number of hydrogen-bond donors (Lipinski definition) is 1. The Kier molecular flexibility index (Phi) is 7.54. The van der Waals surface area contributed by atoms with E-state index in [9.17, 15) is 13.2 Å². The minimum absolute atomic E-state index is 0.141. The predicted octanol–water partition coefficient (Wildman–Crippen LogP) is 5.12. The molecule has 0 aromatic heterocycles. The molecule has 1 heterocycles. The number of carbonyl (C=O) groups excluding carboxylic acids is 1. The molecule has 0 aliphatic carbocycles. The number of hydrogen-bond acceptors (Lipinski definition) is 4. The highest BCUT2D eigenvalue weighted by molar-refractivity contribution is 14.1. The summed E-state index contributed by atoms with van der Waals surface area (Å²) in [7, 11) is -3.91. The average Bonchev–Trinajstić information content (AvgIpc) is 2.85. The Hall–Kier alpha value is -2.59. The average molecular weight is 575 g/mol. The van der Waals surface area contributed by atoms with Gasteiger partial charge in [-0.2, -0.15) is 0 Å². The Labute approximate surface area is 208 Å². The second-order valence-electron chi connectivity index (χ2n) is 7.94. The first-order chi connectivity index (χ1) is 15.9. The van der Waals surface area contributed by atoms with Crippen molar-refractivity contribution in [3.05, 3.63) is 82.4 Å². The fourth-order valence-electron chi connectivity index (χ4n) is 3.88. The Morgan fingerprint density at radius 1 is 0.879 bits per heavy atom. The maximum atomic E-state index is 13.4. The summed E-state index contributed by atoms with van der Waals surface area (Å²) in [6.45, 7) is 1.77. The molecule has 1 N–H and O–H groups in total. The number of halogens is 1. The first-order valence-electron chi connectivity index (χ1n) is 10.9. The van der Waals surface area contributed by atoms with Crippen LogP contribution < -0.4 is 14.5 Å². The van der Waals surface area contributed by atoms with Crippen LogP contribution in [-0.2, 0) is 14.8 Å². The van der Waals surface area contributed by atoms with E-state index < -0.39 is 15.9 Å². The Morgan fingerprint density at radius 2 is 1.52 bits per heavy atom. The molecule has 1 aliphatic heterocycles. The van der Waals surface area contributed by atoms with E-state index in [4.69, 9.17) is 0 Å². The molecule has 0 saturated carbocycles. The Balaban J connectivity index is 1.52. The summed E-state index contributed by atoms with van der Waals surface area (Å²) in [5.74, 6) is -0.404. The van der Waals surface area contributed by atoms with Crippen LogP contribution >= 0.6 is 22.6 Å². The van der Waals surface area contributed by atoms with Gasteiger partial charge in [-0.3, -0.25) is 9.10 Å². The van der Waals surface area contributed by atoms with E-state index >= 15 is 0 Å². The van der Waals surface area contributed by atoms with Crippen LogP contribution in [0.4, 0.5) is 17.1 Å². The molecular weight excluding hydrogens is 549 g/mol. The van der Waals surface area contributed by atoms with Crippen molar-refractivity contribution in [1.82, 2.24) is 0 Å². The minimum atomic E-state index is -3.91. The molecule has 6 nitrogen and oxygen atoms in total. The van der Waals surface area contributed by atoms with Crippen LogP contribution in [0.5, 0.6) is 0 Å². The Morgan fingerprint density at radius 3 is 2.15 bits per heavy atom. The van der Waals surface area contributed by atoms with Crippen LogP contribution in [0, 0.1) is 3.57 Å². The van der Waals surface area contributed by atoms with E-state index in [2.05, 4.69) is 32.8 Å². The monoisotopic (exact) mass is 575 g/mol.